The number of nitrogens with one attached hydrogen (secondary N) is 1. The number of aromatic nitrogens is 2. The van der Waals surface area contributed by atoms with Crippen LogP contribution in [0.3, 0.4) is 0 Å². The fraction of sp³-hybridized carbons (Fsp3) is 0.174. The standard InChI is InChI=1S/C23H20F3N3/c1-15-6-8-16(9-7-15)10-11-28-20-4-2-3-5-21(20)29(23(28)27)14-17-12-18(24)22(26)19(25)13-17/h2-9,12-13,27H,10-11,14H2,1H3. The van der Waals surface area contributed by atoms with E-state index in [1.165, 1.54) is 11.1 Å². The molecule has 3 nitrogen and oxygen atoms in total. The number of imidazole rings is 1. The Bertz CT molecular complexity index is 1210. The van der Waals surface area contributed by atoms with E-state index in [4.69, 9.17) is 5.41 Å². The lowest BCUT2D eigenvalue weighted by Crippen LogP contribution is -2.26. The number of halogens is 3. The first-order chi connectivity index (χ1) is 13.9. The van der Waals surface area contributed by atoms with Gasteiger partial charge in [-0.25, -0.2) is 13.2 Å². The van der Waals surface area contributed by atoms with Crippen LogP contribution in [-0.4, -0.2) is 9.13 Å². The minimum Gasteiger partial charge on any atom is -0.310 e. The molecule has 0 radical (unpaired) electrons. The van der Waals surface area contributed by atoms with E-state index >= 15 is 0 Å². The number of aryl methyl sites for hydroxylation is 3. The lowest BCUT2D eigenvalue weighted by Gasteiger charge is -2.07. The quantitative estimate of drug-likeness (QED) is 0.465. The summed E-state index contributed by atoms with van der Waals surface area (Å²) in [6.07, 6.45) is 0.755. The summed E-state index contributed by atoms with van der Waals surface area (Å²) in [4.78, 5) is 0. The second-order valence-electron chi connectivity index (χ2n) is 7.16. The van der Waals surface area contributed by atoms with Gasteiger partial charge in [-0.1, -0.05) is 42.0 Å². The third kappa shape index (κ3) is 3.70. The predicted octanol–water partition coefficient (Wildman–Crippen LogP) is 4.94. The SMILES string of the molecule is Cc1ccc(CCn2c(=N)n(Cc3cc(F)c(F)c(F)c3)c3ccccc32)cc1. The maximum atomic E-state index is 13.6. The monoisotopic (exact) mass is 395 g/mol. The lowest BCUT2D eigenvalue weighted by molar-refractivity contribution is 0.444. The molecule has 29 heavy (non-hydrogen) atoms. The molecule has 0 bridgehead atoms. The minimum absolute atomic E-state index is 0.0744. The van der Waals surface area contributed by atoms with Gasteiger partial charge in [-0.15, -0.1) is 0 Å². The van der Waals surface area contributed by atoms with Crippen molar-refractivity contribution >= 4 is 11.0 Å². The highest BCUT2D eigenvalue weighted by Crippen LogP contribution is 2.18. The Hall–Kier alpha value is -3.28. The van der Waals surface area contributed by atoms with Crippen LogP contribution in [-0.2, 0) is 19.5 Å². The lowest BCUT2D eigenvalue weighted by atomic mass is 10.1. The molecule has 1 heterocycles. The van der Waals surface area contributed by atoms with Crippen LogP contribution in [0.1, 0.15) is 16.7 Å². The van der Waals surface area contributed by atoms with E-state index in [0.717, 1.165) is 29.6 Å². The van der Waals surface area contributed by atoms with Gasteiger partial charge in [0.1, 0.15) is 0 Å². The maximum Gasteiger partial charge on any atom is 0.203 e. The molecular weight excluding hydrogens is 375 g/mol. The first-order valence-electron chi connectivity index (χ1n) is 9.35. The molecule has 0 saturated heterocycles. The second kappa shape index (κ2) is 7.62. The van der Waals surface area contributed by atoms with Gasteiger partial charge in [0.25, 0.3) is 0 Å². The van der Waals surface area contributed by atoms with Crippen molar-refractivity contribution in [2.75, 3.05) is 0 Å². The molecule has 0 saturated carbocycles. The first kappa shape index (κ1) is 19.1. The predicted molar refractivity (Wildman–Crippen MR) is 106 cm³/mol. The largest absolute Gasteiger partial charge is 0.310 e. The highest BCUT2D eigenvalue weighted by Gasteiger charge is 2.14. The molecule has 3 aromatic carbocycles. The zero-order valence-corrected chi connectivity index (χ0v) is 15.9. The Morgan fingerprint density at radius 3 is 2.00 bits per heavy atom. The van der Waals surface area contributed by atoms with Gasteiger partial charge in [0.2, 0.25) is 5.62 Å². The molecule has 1 aromatic heterocycles. The van der Waals surface area contributed by atoms with E-state index in [2.05, 4.69) is 24.3 Å². The van der Waals surface area contributed by atoms with Crippen LogP contribution in [0.5, 0.6) is 0 Å². The summed E-state index contributed by atoms with van der Waals surface area (Å²) < 4.78 is 44.1. The van der Waals surface area contributed by atoms with Gasteiger partial charge in [-0.05, 0) is 48.7 Å². The van der Waals surface area contributed by atoms with Gasteiger partial charge in [-0.2, -0.15) is 0 Å². The first-order valence-corrected chi connectivity index (χ1v) is 9.35. The van der Waals surface area contributed by atoms with Crippen molar-refractivity contribution in [2.45, 2.75) is 26.4 Å². The van der Waals surface area contributed by atoms with Crippen LogP contribution in [0.2, 0.25) is 0 Å². The smallest absolute Gasteiger partial charge is 0.203 e. The van der Waals surface area contributed by atoms with E-state index in [1.807, 2.05) is 35.8 Å². The number of para-hydroxylation sites is 2. The number of benzene rings is 3. The zero-order chi connectivity index (χ0) is 20.5. The topological polar surface area (TPSA) is 33.7 Å². The normalized spacial score (nSPS) is 11.3. The van der Waals surface area contributed by atoms with Gasteiger partial charge >= 0.3 is 0 Å². The van der Waals surface area contributed by atoms with Crippen LogP contribution in [0.4, 0.5) is 13.2 Å². The molecule has 0 aliphatic carbocycles. The van der Waals surface area contributed by atoms with Crippen molar-refractivity contribution < 1.29 is 13.2 Å². The number of hydrogen-bond acceptors (Lipinski definition) is 1. The van der Waals surface area contributed by atoms with E-state index in [9.17, 15) is 13.2 Å². The van der Waals surface area contributed by atoms with Crippen molar-refractivity contribution in [1.82, 2.24) is 9.13 Å². The van der Waals surface area contributed by atoms with Crippen molar-refractivity contribution in [3.63, 3.8) is 0 Å². The molecule has 148 valence electrons. The average Bonchev–Trinajstić information content (AvgIpc) is 2.97. The van der Waals surface area contributed by atoms with Crippen molar-refractivity contribution in [1.29, 1.82) is 5.41 Å². The molecule has 4 aromatic rings. The summed E-state index contributed by atoms with van der Waals surface area (Å²) in [5.74, 6) is -3.93. The maximum absolute atomic E-state index is 13.6. The van der Waals surface area contributed by atoms with Gasteiger partial charge in [0.05, 0.1) is 17.6 Å². The number of hydrogen-bond donors (Lipinski definition) is 1. The van der Waals surface area contributed by atoms with Crippen molar-refractivity contribution in [2.24, 2.45) is 0 Å². The molecular formula is C23H20F3N3. The van der Waals surface area contributed by atoms with Crippen LogP contribution in [0, 0.1) is 29.8 Å². The molecule has 0 atom stereocenters. The highest BCUT2D eigenvalue weighted by molar-refractivity contribution is 5.76. The Morgan fingerprint density at radius 1 is 0.793 bits per heavy atom. The van der Waals surface area contributed by atoms with E-state index < -0.39 is 17.5 Å². The molecule has 1 N–H and O–H groups in total. The van der Waals surface area contributed by atoms with Crippen LogP contribution in [0.15, 0.2) is 60.7 Å². The fourth-order valence-electron chi connectivity index (χ4n) is 3.56. The molecule has 0 spiro atoms. The molecule has 4 rings (SSSR count). The fourth-order valence-corrected chi connectivity index (χ4v) is 3.56. The third-order valence-electron chi connectivity index (χ3n) is 5.10. The Balaban J connectivity index is 1.71. The molecule has 0 fully saturated rings. The summed E-state index contributed by atoms with van der Waals surface area (Å²) in [6.45, 7) is 2.71. The highest BCUT2D eigenvalue weighted by atomic mass is 19.2. The Morgan fingerprint density at radius 2 is 1.38 bits per heavy atom. The Kier molecular flexibility index (Phi) is 5.01. The minimum atomic E-state index is -1.48. The molecule has 0 unspecified atom stereocenters. The van der Waals surface area contributed by atoms with Crippen LogP contribution in [0.25, 0.3) is 11.0 Å². The van der Waals surface area contributed by atoms with Gasteiger partial charge in [0.15, 0.2) is 17.5 Å². The summed E-state index contributed by atoms with van der Waals surface area (Å²) in [7, 11) is 0. The van der Waals surface area contributed by atoms with E-state index in [-0.39, 0.29) is 17.7 Å². The summed E-state index contributed by atoms with van der Waals surface area (Å²) >= 11 is 0. The van der Waals surface area contributed by atoms with Gasteiger partial charge in [-0.3, -0.25) is 5.41 Å². The summed E-state index contributed by atoms with van der Waals surface area (Å²) in [5, 5.41) is 8.64. The van der Waals surface area contributed by atoms with Crippen LogP contribution < -0.4 is 5.62 Å². The van der Waals surface area contributed by atoms with E-state index in [0.29, 0.717) is 6.54 Å². The molecule has 0 amide bonds. The third-order valence-corrected chi connectivity index (χ3v) is 5.10. The van der Waals surface area contributed by atoms with Gasteiger partial charge in [0, 0.05) is 6.54 Å². The Labute approximate surface area is 166 Å². The summed E-state index contributed by atoms with van der Waals surface area (Å²) in [5.41, 5.74) is 4.50. The molecule has 6 heteroatoms. The molecule has 0 aliphatic rings. The van der Waals surface area contributed by atoms with E-state index in [1.54, 1.807) is 4.57 Å². The van der Waals surface area contributed by atoms with Crippen LogP contribution >= 0.6 is 0 Å². The number of fused-ring (bicyclic) bond motifs is 1. The zero-order valence-electron chi connectivity index (χ0n) is 15.9. The number of rotatable bonds is 5. The summed E-state index contributed by atoms with van der Waals surface area (Å²) in [6, 6.07) is 17.8. The van der Waals surface area contributed by atoms with Gasteiger partial charge < -0.3 is 9.13 Å². The van der Waals surface area contributed by atoms with Crippen molar-refractivity contribution in [3.05, 3.63) is 100 Å². The number of nitrogens with zero attached hydrogens (tertiary/aromatic N) is 2. The second-order valence-corrected chi connectivity index (χ2v) is 7.16. The molecule has 0 aliphatic heterocycles. The average molecular weight is 395 g/mol. The van der Waals surface area contributed by atoms with Crippen molar-refractivity contribution in [3.8, 4) is 0 Å².